The molecule has 0 radical (unpaired) electrons. The number of benzene rings is 1. The number of fused-ring (bicyclic) bond motifs is 1. The van der Waals surface area contributed by atoms with E-state index >= 15 is 0 Å². The van der Waals surface area contributed by atoms with Gasteiger partial charge in [-0.1, -0.05) is 24.3 Å². The molecule has 0 saturated heterocycles. The highest BCUT2D eigenvalue weighted by molar-refractivity contribution is 7.85. The molecule has 1 aliphatic carbocycles. The zero-order valence-corrected chi connectivity index (χ0v) is 9.63. The summed E-state index contributed by atoms with van der Waals surface area (Å²) >= 11 is 0. The van der Waals surface area contributed by atoms with Crippen molar-refractivity contribution in [3.8, 4) is 0 Å². The van der Waals surface area contributed by atoms with Crippen LogP contribution in [0.15, 0.2) is 24.3 Å². The minimum atomic E-state index is -3.67. The fourth-order valence-electron chi connectivity index (χ4n) is 1.68. The second-order valence-electron chi connectivity index (χ2n) is 3.71. The summed E-state index contributed by atoms with van der Waals surface area (Å²) in [6.45, 7) is 0. The molecule has 0 bridgehead atoms. The smallest absolute Gasteiger partial charge is 0.261 e. The van der Waals surface area contributed by atoms with Crippen LogP contribution >= 0.6 is 0 Å². The highest BCUT2D eigenvalue weighted by atomic mass is 32.2. The molecule has 0 spiro atoms. The van der Waals surface area contributed by atoms with Gasteiger partial charge < -0.3 is 0 Å². The summed E-state index contributed by atoms with van der Waals surface area (Å²) in [5.41, 5.74) is 3.16. The number of aryl methyl sites for hydroxylation is 2. The maximum atomic E-state index is 9.19. The Bertz CT molecular complexity index is 377. The molecule has 0 heterocycles. The van der Waals surface area contributed by atoms with E-state index in [1.165, 1.54) is 25.7 Å². The summed E-state index contributed by atoms with van der Waals surface area (Å²) in [5.74, 6) is 0. The molecule has 2 rings (SSSR count). The lowest BCUT2D eigenvalue weighted by atomic mass is 9.92. The molecule has 4 heteroatoms. The van der Waals surface area contributed by atoms with Gasteiger partial charge >= 0.3 is 0 Å². The van der Waals surface area contributed by atoms with Gasteiger partial charge in [-0.05, 0) is 36.8 Å². The maximum Gasteiger partial charge on any atom is 0.261 e. The molecule has 3 nitrogen and oxygen atoms in total. The molecule has 0 unspecified atom stereocenters. The third-order valence-electron chi connectivity index (χ3n) is 2.26. The number of rotatable bonds is 0. The zero-order valence-electron chi connectivity index (χ0n) is 8.81. The van der Waals surface area contributed by atoms with E-state index in [9.17, 15) is 8.42 Å². The van der Waals surface area contributed by atoms with Crippen LogP contribution in [0.3, 0.4) is 0 Å². The monoisotopic (exact) mass is 228 g/mol. The van der Waals surface area contributed by atoms with Crippen molar-refractivity contribution >= 4 is 10.1 Å². The van der Waals surface area contributed by atoms with Crippen LogP contribution < -0.4 is 0 Å². The first kappa shape index (κ1) is 12.2. The van der Waals surface area contributed by atoms with Gasteiger partial charge in [0.15, 0.2) is 0 Å². The highest BCUT2D eigenvalue weighted by Crippen LogP contribution is 2.19. The van der Waals surface area contributed by atoms with E-state index in [2.05, 4.69) is 24.3 Å². The van der Waals surface area contributed by atoms with Crippen molar-refractivity contribution in [1.82, 2.24) is 0 Å². The van der Waals surface area contributed by atoms with E-state index in [0.29, 0.717) is 6.26 Å². The molecule has 0 amide bonds. The maximum absolute atomic E-state index is 9.19. The van der Waals surface area contributed by atoms with Crippen LogP contribution in [0, 0.1) is 0 Å². The van der Waals surface area contributed by atoms with Crippen LogP contribution in [0.4, 0.5) is 0 Å². The molecule has 1 N–H and O–H groups in total. The predicted molar refractivity (Wildman–Crippen MR) is 60.6 cm³/mol. The Kier molecular flexibility index (Phi) is 4.29. The molecule has 15 heavy (non-hydrogen) atoms. The molecular weight excluding hydrogens is 212 g/mol. The van der Waals surface area contributed by atoms with E-state index in [1.54, 1.807) is 11.1 Å². The van der Waals surface area contributed by atoms with E-state index < -0.39 is 10.1 Å². The number of hydrogen-bond donors (Lipinski definition) is 1. The highest BCUT2D eigenvalue weighted by Gasteiger charge is 2.05. The molecule has 1 aromatic rings. The van der Waals surface area contributed by atoms with Crippen LogP contribution in [0.2, 0.25) is 0 Å². The Labute approximate surface area is 90.9 Å². The summed E-state index contributed by atoms with van der Waals surface area (Å²) < 4.78 is 25.9. The summed E-state index contributed by atoms with van der Waals surface area (Å²) in [5, 5.41) is 0. The lowest BCUT2D eigenvalue weighted by molar-refractivity contribution is 0.490. The molecule has 0 saturated carbocycles. The van der Waals surface area contributed by atoms with Gasteiger partial charge in [0.25, 0.3) is 10.1 Å². The summed E-state index contributed by atoms with van der Waals surface area (Å²) in [7, 11) is -3.67. The van der Waals surface area contributed by atoms with E-state index in [-0.39, 0.29) is 0 Å². The quantitative estimate of drug-likeness (QED) is 0.692. The lowest BCUT2D eigenvalue weighted by Gasteiger charge is -2.13. The Morgan fingerprint density at radius 3 is 1.73 bits per heavy atom. The van der Waals surface area contributed by atoms with Crippen molar-refractivity contribution in [1.29, 1.82) is 0 Å². The topological polar surface area (TPSA) is 54.4 Å². The van der Waals surface area contributed by atoms with Crippen molar-refractivity contribution in [2.45, 2.75) is 25.7 Å². The first-order valence-corrected chi connectivity index (χ1v) is 6.81. The molecule has 0 atom stereocenters. The standard InChI is InChI=1S/C10H12.CH4O3S/c1-2-6-10-8-4-3-7-9(10)5-1;1-5(2,3)4/h1-2,5-6H,3-4,7-8H2;1H3,(H,2,3,4). The molecule has 1 aliphatic rings. The normalized spacial score (nSPS) is 14.8. The Morgan fingerprint density at radius 2 is 1.40 bits per heavy atom. The Hall–Kier alpha value is -0.870. The molecule has 0 aliphatic heterocycles. The van der Waals surface area contributed by atoms with Crippen LogP contribution in [0.5, 0.6) is 0 Å². The van der Waals surface area contributed by atoms with E-state index in [1.807, 2.05) is 0 Å². The zero-order chi connectivity index (χ0) is 11.3. The van der Waals surface area contributed by atoms with Crippen molar-refractivity contribution in [3.05, 3.63) is 35.4 Å². The summed E-state index contributed by atoms with van der Waals surface area (Å²) in [4.78, 5) is 0. The van der Waals surface area contributed by atoms with Crippen molar-refractivity contribution < 1.29 is 13.0 Å². The minimum Gasteiger partial charge on any atom is -0.286 e. The van der Waals surface area contributed by atoms with Gasteiger partial charge in [-0.2, -0.15) is 8.42 Å². The van der Waals surface area contributed by atoms with Gasteiger partial charge in [0, 0.05) is 0 Å². The van der Waals surface area contributed by atoms with Crippen molar-refractivity contribution in [2.24, 2.45) is 0 Å². The second kappa shape index (κ2) is 5.28. The fourth-order valence-corrected chi connectivity index (χ4v) is 1.68. The van der Waals surface area contributed by atoms with Crippen LogP contribution in [0.25, 0.3) is 0 Å². The molecular formula is C11H16O3S. The minimum absolute atomic E-state index is 0.715. The summed E-state index contributed by atoms with van der Waals surface area (Å²) in [6.07, 6.45) is 6.09. The lowest BCUT2D eigenvalue weighted by Crippen LogP contribution is -2.00. The molecule has 84 valence electrons. The molecule has 0 aromatic heterocycles. The molecule has 0 fully saturated rings. The second-order valence-corrected chi connectivity index (χ2v) is 5.17. The Balaban J connectivity index is 0.000000195. The van der Waals surface area contributed by atoms with Crippen molar-refractivity contribution in [2.75, 3.05) is 6.26 Å². The summed E-state index contributed by atoms with van der Waals surface area (Å²) in [6, 6.07) is 8.80. The average molecular weight is 228 g/mol. The van der Waals surface area contributed by atoms with E-state index in [0.717, 1.165) is 0 Å². The fraction of sp³-hybridized carbons (Fsp3) is 0.455. The van der Waals surface area contributed by atoms with Gasteiger partial charge in [-0.3, -0.25) is 4.55 Å². The Morgan fingerprint density at radius 1 is 1.07 bits per heavy atom. The van der Waals surface area contributed by atoms with Crippen LogP contribution in [-0.2, 0) is 23.0 Å². The van der Waals surface area contributed by atoms with Gasteiger partial charge in [0.2, 0.25) is 0 Å². The third-order valence-corrected chi connectivity index (χ3v) is 2.26. The third kappa shape index (κ3) is 5.54. The van der Waals surface area contributed by atoms with Gasteiger partial charge in [0.05, 0.1) is 6.26 Å². The number of hydrogen-bond acceptors (Lipinski definition) is 2. The van der Waals surface area contributed by atoms with Crippen molar-refractivity contribution in [3.63, 3.8) is 0 Å². The largest absolute Gasteiger partial charge is 0.286 e. The molecule has 1 aromatic carbocycles. The predicted octanol–water partition coefficient (Wildman–Crippen LogP) is 2.07. The average Bonchev–Trinajstić information content (AvgIpc) is 2.16. The first-order chi connectivity index (χ1) is 6.97. The van der Waals surface area contributed by atoms with Crippen LogP contribution in [0.1, 0.15) is 24.0 Å². The van der Waals surface area contributed by atoms with Gasteiger partial charge in [0.1, 0.15) is 0 Å². The van der Waals surface area contributed by atoms with Crippen LogP contribution in [-0.4, -0.2) is 19.2 Å². The van der Waals surface area contributed by atoms with Gasteiger partial charge in [-0.25, -0.2) is 0 Å². The van der Waals surface area contributed by atoms with E-state index in [4.69, 9.17) is 4.55 Å². The van der Waals surface area contributed by atoms with Gasteiger partial charge in [-0.15, -0.1) is 0 Å². The SMILES string of the molecule is CS(=O)(=O)O.c1ccc2c(c1)CCCC2. The first-order valence-electron chi connectivity index (χ1n) is 4.96.